The molecule has 0 aliphatic heterocycles. The molecule has 0 aromatic carbocycles. The molecule has 4 atom stereocenters. The van der Waals surface area contributed by atoms with Crippen LogP contribution in [0.2, 0.25) is 0 Å². The minimum absolute atomic E-state index is 0.204. The van der Waals surface area contributed by atoms with Gasteiger partial charge >= 0.3 is 5.97 Å². The summed E-state index contributed by atoms with van der Waals surface area (Å²) in [5.41, 5.74) is 0. The van der Waals surface area contributed by atoms with Crippen molar-refractivity contribution >= 4 is 5.97 Å². The van der Waals surface area contributed by atoms with E-state index in [4.69, 9.17) is 5.11 Å². The van der Waals surface area contributed by atoms with Crippen LogP contribution in [-0.4, -0.2) is 31.3 Å². The van der Waals surface area contributed by atoms with Crippen molar-refractivity contribution in [2.75, 3.05) is 0 Å². The summed E-state index contributed by atoms with van der Waals surface area (Å²) in [6, 6.07) is -0.204. The number of carboxylic acid groups (broad SMARTS) is 1. The van der Waals surface area contributed by atoms with E-state index in [1.165, 1.54) is 19.3 Å². The van der Waals surface area contributed by atoms with E-state index in [1.54, 1.807) is 11.6 Å². The van der Waals surface area contributed by atoms with Crippen LogP contribution in [0.3, 0.4) is 0 Å². The summed E-state index contributed by atoms with van der Waals surface area (Å²) in [5, 5.41) is 20.9. The molecule has 2 saturated carbocycles. The predicted octanol–water partition coefficient (Wildman–Crippen LogP) is 1.47. The number of aliphatic carboxylic acids is 1. The van der Waals surface area contributed by atoms with Crippen LogP contribution in [0.4, 0.5) is 0 Å². The number of hydrogen-bond acceptors (Lipinski definition) is 4. The van der Waals surface area contributed by atoms with E-state index in [1.807, 2.05) is 6.92 Å². The molecule has 0 bridgehead atoms. The number of carbonyl (C=O) groups is 1. The lowest BCUT2D eigenvalue weighted by atomic mass is 10.0. The predicted molar refractivity (Wildman–Crippen MR) is 62.9 cm³/mol. The van der Waals surface area contributed by atoms with Gasteiger partial charge in [-0.2, -0.15) is 0 Å². The third-order valence-corrected chi connectivity index (χ3v) is 4.63. The smallest absolute Gasteiger partial charge is 0.308 e. The standard InChI is InChI=1S/C12H18N4O2/c1-6(12(17)18)7(2)16-11(13-14-15-16)10-4-8-3-9(8)5-10/h6-10H,3-5H2,1-2H3,(H,17,18). The van der Waals surface area contributed by atoms with Gasteiger partial charge in [-0.25, -0.2) is 4.68 Å². The van der Waals surface area contributed by atoms with Gasteiger partial charge in [0, 0.05) is 5.92 Å². The molecule has 2 aliphatic rings. The van der Waals surface area contributed by atoms with E-state index in [-0.39, 0.29) is 6.04 Å². The average Bonchev–Trinajstić information content (AvgIpc) is 2.83. The van der Waals surface area contributed by atoms with Crippen molar-refractivity contribution in [3.63, 3.8) is 0 Å². The van der Waals surface area contributed by atoms with Gasteiger partial charge in [-0.1, -0.05) is 0 Å². The first kappa shape index (κ1) is 11.6. The van der Waals surface area contributed by atoms with Crippen LogP contribution in [0.1, 0.15) is 50.9 Å². The first-order valence-corrected chi connectivity index (χ1v) is 6.58. The Hall–Kier alpha value is -1.46. The van der Waals surface area contributed by atoms with Crippen molar-refractivity contribution < 1.29 is 9.90 Å². The molecular formula is C12H18N4O2. The Labute approximate surface area is 105 Å². The Balaban J connectivity index is 1.80. The first-order valence-electron chi connectivity index (χ1n) is 6.58. The zero-order valence-corrected chi connectivity index (χ0v) is 10.7. The van der Waals surface area contributed by atoms with Crippen LogP contribution in [-0.2, 0) is 4.79 Å². The second-order valence-electron chi connectivity index (χ2n) is 5.77. The van der Waals surface area contributed by atoms with Crippen LogP contribution in [0.15, 0.2) is 0 Å². The number of tetrazole rings is 1. The largest absolute Gasteiger partial charge is 0.481 e. The molecule has 4 unspecified atom stereocenters. The van der Waals surface area contributed by atoms with E-state index >= 15 is 0 Å². The van der Waals surface area contributed by atoms with Crippen molar-refractivity contribution in [1.82, 2.24) is 20.2 Å². The molecule has 2 aliphatic carbocycles. The molecule has 0 radical (unpaired) electrons. The van der Waals surface area contributed by atoms with Crippen molar-refractivity contribution in [3.05, 3.63) is 5.82 Å². The highest BCUT2D eigenvalue weighted by atomic mass is 16.4. The summed E-state index contributed by atoms with van der Waals surface area (Å²) < 4.78 is 1.72. The zero-order valence-electron chi connectivity index (χ0n) is 10.7. The Morgan fingerprint density at radius 3 is 2.61 bits per heavy atom. The molecule has 1 heterocycles. The van der Waals surface area contributed by atoms with Crippen LogP contribution < -0.4 is 0 Å². The van der Waals surface area contributed by atoms with Crippen LogP contribution in [0, 0.1) is 17.8 Å². The molecule has 3 rings (SSSR count). The maximum Gasteiger partial charge on any atom is 0.308 e. The molecule has 18 heavy (non-hydrogen) atoms. The van der Waals surface area contributed by atoms with Gasteiger partial charge in [-0.3, -0.25) is 4.79 Å². The van der Waals surface area contributed by atoms with E-state index < -0.39 is 11.9 Å². The molecule has 0 spiro atoms. The summed E-state index contributed by atoms with van der Waals surface area (Å²) in [6.45, 7) is 3.57. The minimum Gasteiger partial charge on any atom is -0.481 e. The van der Waals surface area contributed by atoms with Crippen molar-refractivity contribution in [3.8, 4) is 0 Å². The fourth-order valence-corrected chi connectivity index (χ4v) is 3.10. The minimum atomic E-state index is -0.807. The third-order valence-electron chi connectivity index (χ3n) is 4.63. The maximum absolute atomic E-state index is 11.0. The van der Waals surface area contributed by atoms with Crippen LogP contribution in [0.25, 0.3) is 0 Å². The summed E-state index contributed by atoms with van der Waals surface area (Å²) in [4.78, 5) is 11.0. The summed E-state index contributed by atoms with van der Waals surface area (Å²) in [5.74, 6) is 1.75. The molecule has 1 aromatic heterocycles. The normalized spacial score (nSPS) is 32.9. The molecule has 98 valence electrons. The van der Waals surface area contributed by atoms with Crippen molar-refractivity contribution in [1.29, 1.82) is 0 Å². The molecule has 0 amide bonds. The number of fused-ring (bicyclic) bond motifs is 1. The van der Waals surface area contributed by atoms with E-state index in [0.717, 1.165) is 17.7 Å². The van der Waals surface area contributed by atoms with E-state index in [2.05, 4.69) is 15.5 Å². The number of hydrogen-bond donors (Lipinski definition) is 1. The molecule has 2 fully saturated rings. The topological polar surface area (TPSA) is 80.9 Å². The maximum atomic E-state index is 11.0. The lowest BCUT2D eigenvalue weighted by Crippen LogP contribution is -2.25. The Morgan fingerprint density at radius 1 is 1.33 bits per heavy atom. The summed E-state index contributed by atoms with van der Waals surface area (Å²) >= 11 is 0. The van der Waals surface area contributed by atoms with Gasteiger partial charge in [0.1, 0.15) is 0 Å². The SMILES string of the molecule is CC(C(=O)O)C(C)n1nnnc1C1CC2CC2C1. The Kier molecular flexibility index (Phi) is 2.60. The second kappa shape index (κ2) is 4.03. The highest BCUT2D eigenvalue weighted by Crippen LogP contribution is 2.57. The van der Waals surface area contributed by atoms with Gasteiger partial charge in [0.05, 0.1) is 12.0 Å². The molecule has 1 aromatic rings. The molecular weight excluding hydrogens is 232 g/mol. The lowest BCUT2D eigenvalue weighted by Gasteiger charge is -2.19. The number of aromatic nitrogens is 4. The van der Waals surface area contributed by atoms with Gasteiger partial charge in [0.2, 0.25) is 0 Å². The summed E-state index contributed by atoms with van der Waals surface area (Å²) in [7, 11) is 0. The Bertz CT molecular complexity index is 462. The molecule has 0 saturated heterocycles. The summed E-state index contributed by atoms with van der Waals surface area (Å²) in [6.07, 6.45) is 3.69. The van der Waals surface area contributed by atoms with Gasteiger partial charge in [0.15, 0.2) is 5.82 Å². The van der Waals surface area contributed by atoms with Gasteiger partial charge < -0.3 is 5.11 Å². The van der Waals surface area contributed by atoms with E-state index in [0.29, 0.717) is 5.92 Å². The highest BCUT2D eigenvalue weighted by Gasteiger charge is 2.48. The first-order chi connectivity index (χ1) is 8.58. The number of nitrogens with zero attached hydrogens (tertiary/aromatic N) is 4. The van der Waals surface area contributed by atoms with Gasteiger partial charge in [-0.15, -0.1) is 5.10 Å². The van der Waals surface area contributed by atoms with Gasteiger partial charge in [-0.05, 0) is 55.4 Å². The van der Waals surface area contributed by atoms with Crippen LogP contribution >= 0.6 is 0 Å². The number of rotatable bonds is 4. The zero-order chi connectivity index (χ0) is 12.9. The Morgan fingerprint density at radius 2 is 2.00 bits per heavy atom. The average molecular weight is 250 g/mol. The van der Waals surface area contributed by atoms with Crippen LogP contribution in [0.5, 0.6) is 0 Å². The fourth-order valence-electron chi connectivity index (χ4n) is 3.10. The van der Waals surface area contributed by atoms with Gasteiger partial charge in [0.25, 0.3) is 0 Å². The quantitative estimate of drug-likeness (QED) is 0.875. The lowest BCUT2D eigenvalue weighted by molar-refractivity contribution is -0.142. The van der Waals surface area contributed by atoms with Crippen molar-refractivity contribution in [2.45, 2.75) is 45.1 Å². The monoisotopic (exact) mass is 250 g/mol. The van der Waals surface area contributed by atoms with E-state index in [9.17, 15) is 4.79 Å². The number of carboxylic acids is 1. The van der Waals surface area contributed by atoms with Crippen molar-refractivity contribution in [2.24, 2.45) is 17.8 Å². The highest BCUT2D eigenvalue weighted by molar-refractivity contribution is 5.70. The fraction of sp³-hybridized carbons (Fsp3) is 0.833. The molecule has 6 nitrogen and oxygen atoms in total. The third kappa shape index (κ3) is 1.79. The second-order valence-corrected chi connectivity index (χ2v) is 5.77. The molecule has 6 heteroatoms. The molecule has 1 N–H and O–H groups in total.